The van der Waals surface area contributed by atoms with Crippen LogP contribution in [-0.4, -0.2) is 54.3 Å². The fraction of sp³-hybridized carbons (Fsp3) is 0.529. The van der Waals surface area contributed by atoms with Crippen molar-refractivity contribution in [2.75, 3.05) is 26.2 Å². The molecule has 1 aromatic carbocycles. The van der Waals surface area contributed by atoms with Crippen LogP contribution in [0.25, 0.3) is 0 Å². The minimum absolute atomic E-state index is 0.0698. The molecule has 1 unspecified atom stereocenters. The van der Waals surface area contributed by atoms with Crippen LogP contribution in [0, 0.1) is 5.41 Å². The molecule has 0 bridgehead atoms. The molecule has 2 rings (SSSR count). The highest BCUT2D eigenvalue weighted by atomic mass is 35.5. The zero-order valence-corrected chi connectivity index (χ0v) is 15.7. The van der Waals surface area contributed by atoms with Crippen LogP contribution in [0.1, 0.15) is 25.5 Å². The molecular formula is C17H22ClF3N2O4. The Labute approximate surface area is 160 Å². The summed E-state index contributed by atoms with van der Waals surface area (Å²) in [5.41, 5.74) is 6.07. The van der Waals surface area contributed by atoms with Crippen molar-refractivity contribution < 1.29 is 32.6 Å². The lowest BCUT2D eigenvalue weighted by atomic mass is 9.91. The molecule has 1 fully saturated rings. The van der Waals surface area contributed by atoms with E-state index in [0.29, 0.717) is 31.3 Å². The standard InChI is InChI=1S/C15H21ClN2O2.C2HF3O2/c1-15(2,10-17)14(19)18-7-8-20-13(9-18)11-5-3-4-6-12(11)16;3-2(4,5)1(6)7/h3-6,13H,7-10,17H2,1-2H3;(H,6,7). The number of carboxylic acids is 1. The Morgan fingerprint density at radius 2 is 1.89 bits per heavy atom. The number of carbonyl (C=O) groups is 2. The number of aliphatic carboxylic acids is 1. The zero-order chi connectivity index (χ0) is 20.8. The molecule has 10 heteroatoms. The Bertz CT molecular complexity index is 668. The molecule has 1 aliphatic rings. The highest BCUT2D eigenvalue weighted by Crippen LogP contribution is 2.30. The van der Waals surface area contributed by atoms with Crippen molar-refractivity contribution in [2.45, 2.75) is 26.1 Å². The quantitative estimate of drug-likeness (QED) is 0.799. The third-order valence-electron chi connectivity index (χ3n) is 3.94. The smallest absolute Gasteiger partial charge is 0.475 e. The lowest BCUT2D eigenvalue weighted by Gasteiger charge is -2.37. The van der Waals surface area contributed by atoms with Gasteiger partial charge >= 0.3 is 12.1 Å². The normalized spacial score (nSPS) is 17.7. The van der Waals surface area contributed by atoms with Crippen LogP contribution in [0.5, 0.6) is 0 Å². The number of nitrogens with zero attached hydrogens (tertiary/aromatic N) is 1. The second-order valence-corrected chi connectivity index (χ2v) is 6.93. The van der Waals surface area contributed by atoms with Gasteiger partial charge in [-0.3, -0.25) is 4.79 Å². The van der Waals surface area contributed by atoms with Gasteiger partial charge in [0.15, 0.2) is 0 Å². The number of carboxylic acid groups (broad SMARTS) is 1. The van der Waals surface area contributed by atoms with Crippen LogP contribution < -0.4 is 5.73 Å². The molecule has 0 saturated carbocycles. The Morgan fingerprint density at radius 1 is 1.33 bits per heavy atom. The monoisotopic (exact) mass is 410 g/mol. The summed E-state index contributed by atoms with van der Waals surface area (Å²) < 4.78 is 37.5. The molecular weight excluding hydrogens is 389 g/mol. The summed E-state index contributed by atoms with van der Waals surface area (Å²) in [6, 6.07) is 7.59. The summed E-state index contributed by atoms with van der Waals surface area (Å²) in [6.07, 6.45) is -5.25. The van der Waals surface area contributed by atoms with E-state index in [0.717, 1.165) is 5.56 Å². The van der Waals surface area contributed by atoms with Gasteiger partial charge in [-0.25, -0.2) is 4.79 Å². The number of hydrogen-bond donors (Lipinski definition) is 2. The van der Waals surface area contributed by atoms with Crippen LogP contribution in [-0.2, 0) is 14.3 Å². The molecule has 27 heavy (non-hydrogen) atoms. The Balaban J connectivity index is 0.000000445. The van der Waals surface area contributed by atoms with Crippen LogP contribution in [0.15, 0.2) is 24.3 Å². The summed E-state index contributed by atoms with van der Waals surface area (Å²) in [6.45, 7) is 5.71. The molecule has 1 atom stereocenters. The molecule has 152 valence electrons. The van der Waals surface area contributed by atoms with Gasteiger partial charge in [0, 0.05) is 23.7 Å². The van der Waals surface area contributed by atoms with Gasteiger partial charge in [-0.05, 0) is 19.9 Å². The van der Waals surface area contributed by atoms with Gasteiger partial charge in [0.1, 0.15) is 6.10 Å². The van der Waals surface area contributed by atoms with E-state index in [9.17, 15) is 18.0 Å². The van der Waals surface area contributed by atoms with E-state index in [1.807, 2.05) is 43.0 Å². The summed E-state index contributed by atoms with van der Waals surface area (Å²) in [5.74, 6) is -2.69. The van der Waals surface area contributed by atoms with Gasteiger partial charge in [-0.2, -0.15) is 13.2 Å². The molecule has 1 amide bonds. The van der Waals surface area contributed by atoms with Crippen LogP contribution >= 0.6 is 11.6 Å². The van der Waals surface area contributed by atoms with Crippen molar-refractivity contribution in [3.8, 4) is 0 Å². The first-order chi connectivity index (χ1) is 12.4. The molecule has 0 radical (unpaired) electrons. The van der Waals surface area contributed by atoms with Gasteiger partial charge in [0.2, 0.25) is 5.91 Å². The van der Waals surface area contributed by atoms with Crippen LogP contribution in [0.3, 0.4) is 0 Å². The van der Waals surface area contributed by atoms with Gasteiger partial charge in [0.05, 0.1) is 18.6 Å². The zero-order valence-electron chi connectivity index (χ0n) is 14.9. The maximum Gasteiger partial charge on any atom is 0.490 e. The second kappa shape index (κ2) is 9.38. The number of morpholine rings is 1. The molecule has 3 N–H and O–H groups in total. The van der Waals surface area contributed by atoms with Crippen molar-refractivity contribution in [1.82, 2.24) is 4.90 Å². The molecule has 1 aliphatic heterocycles. The first kappa shape index (κ1) is 23.2. The highest BCUT2D eigenvalue weighted by molar-refractivity contribution is 6.31. The predicted octanol–water partition coefficient (Wildman–Crippen LogP) is 2.86. The SMILES string of the molecule is CC(C)(CN)C(=O)N1CCOC(c2ccccc2Cl)C1.O=C(O)C(F)(F)F. The van der Waals surface area contributed by atoms with Crippen LogP contribution in [0.4, 0.5) is 13.2 Å². The van der Waals surface area contributed by atoms with Crippen molar-refractivity contribution in [2.24, 2.45) is 11.1 Å². The number of amides is 1. The topological polar surface area (TPSA) is 92.9 Å². The summed E-state index contributed by atoms with van der Waals surface area (Å²) in [7, 11) is 0. The van der Waals surface area contributed by atoms with E-state index in [4.69, 9.17) is 32.0 Å². The van der Waals surface area contributed by atoms with E-state index in [1.165, 1.54) is 0 Å². The van der Waals surface area contributed by atoms with Gasteiger partial charge in [0.25, 0.3) is 0 Å². The third-order valence-corrected chi connectivity index (χ3v) is 4.28. The van der Waals surface area contributed by atoms with E-state index in [2.05, 4.69) is 0 Å². The second-order valence-electron chi connectivity index (χ2n) is 6.52. The number of hydrogen-bond acceptors (Lipinski definition) is 4. The summed E-state index contributed by atoms with van der Waals surface area (Å²) in [5, 5.41) is 7.80. The van der Waals surface area contributed by atoms with Gasteiger partial charge < -0.3 is 20.5 Å². The number of alkyl halides is 3. The lowest BCUT2D eigenvalue weighted by molar-refractivity contribution is -0.192. The minimum atomic E-state index is -5.08. The Morgan fingerprint density at radius 3 is 2.37 bits per heavy atom. The Kier molecular flexibility index (Phi) is 8.06. The van der Waals surface area contributed by atoms with E-state index in [1.54, 1.807) is 0 Å². The number of rotatable bonds is 3. The number of nitrogens with two attached hydrogens (primary N) is 1. The maximum absolute atomic E-state index is 12.5. The van der Waals surface area contributed by atoms with Crippen molar-refractivity contribution in [1.29, 1.82) is 0 Å². The molecule has 1 saturated heterocycles. The number of ether oxygens (including phenoxy) is 1. The maximum atomic E-state index is 12.5. The molecule has 0 spiro atoms. The number of carbonyl (C=O) groups excluding carboxylic acids is 1. The molecule has 6 nitrogen and oxygen atoms in total. The van der Waals surface area contributed by atoms with Crippen molar-refractivity contribution in [3.05, 3.63) is 34.9 Å². The summed E-state index contributed by atoms with van der Waals surface area (Å²) in [4.78, 5) is 23.2. The lowest BCUT2D eigenvalue weighted by Crippen LogP contribution is -2.49. The fourth-order valence-corrected chi connectivity index (χ4v) is 2.53. The molecule has 0 aliphatic carbocycles. The van der Waals surface area contributed by atoms with E-state index < -0.39 is 17.6 Å². The molecule has 0 aromatic heterocycles. The van der Waals surface area contributed by atoms with Crippen molar-refractivity contribution >= 4 is 23.5 Å². The number of halogens is 4. The van der Waals surface area contributed by atoms with Crippen molar-refractivity contribution in [3.63, 3.8) is 0 Å². The predicted molar refractivity (Wildman–Crippen MR) is 93.3 cm³/mol. The third kappa shape index (κ3) is 6.67. The highest BCUT2D eigenvalue weighted by Gasteiger charge is 2.38. The largest absolute Gasteiger partial charge is 0.490 e. The first-order valence-electron chi connectivity index (χ1n) is 8.05. The average Bonchev–Trinajstić information content (AvgIpc) is 2.61. The van der Waals surface area contributed by atoms with Gasteiger partial charge in [-0.1, -0.05) is 29.8 Å². The van der Waals surface area contributed by atoms with E-state index in [-0.39, 0.29) is 12.0 Å². The molecule has 1 aromatic rings. The fourth-order valence-electron chi connectivity index (χ4n) is 2.27. The van der Waals surface area contributed by atoms with Crippen LogP contribution in [0.2, 0.25) is 5.02 Å². The minimum Gasteiger partial charge on any atom is -0.475 e. The van der Waals surface area contributed by atoms with Gasteiger partial charge in [-0.15, -0.1) is 0 Å². The van der Waals surface area contributed by atoms with E-state index >= 15 is 0 Å². The first-order valence-corrected chi connectivity index (χ1v) is 8.43. The summed E-state index contributed by atoms with van der Waals surface area (Å²) >= 11 is 6.20. The number of benzene rings is 1. The average molecular weight is 411 g/mol. The molecule has 1 heterocycles. The Hall–Kier alpha value is -1.84.